The number of aryl methyl sites for hydroxylation is 2. The van der Waals surface area contributed by atoms with Crippen LogP contribution in [0.4, 0.5) is 5.95 Å². The number of nitrogens with one attached hydrogen (secondary N) is 1. The highest BCUT2D eigenvalue weighted by atomic mass is 32.2. The van der Waals surface area contributed by atoms with Crippen molar-refractivity contribution >= 4 is 16.0 Å². The van der Waals surface area contributed by atoms with Crippen LogP contribution in [0.5, 0.6) is 11.5 Å². The number of sulfonamides is 1. The van der Waals surface area contributed by atoms with Gasteiger partial charge in [-0.1, -0.05) is 6.07 Å². The minimum atomic E-state index is -4.29. The third kappa shape index (κ3) is 6.65. The molecule has 0 aliphatic carbocycles. The van der Waals surface area contributed by atoms with Gasteiger partial charge in [-0.3, -0.25) is 14.3 Å². The first kappa shape index (κ1) is 30.8. The normalized spacial score (nSPS) is 13.8. The molecule has 0 aliphatic heterocycles. The molecule has 0 aliphatic rings. The maximum atomic E-state index is 13.9. The van der Waals surface area contributed by atoms with Crippen LogP contribution < -0.4 is 14.2 Å². The van der Waals surface area contributed by atoms with E-state index in [1.807, 2.05) is 13.0 Å². The van der Waals surface area contributed by atoms with Crippen molar-refractivity contribution < 1.29 is 32.8 Å². The average Bonchev–Trinajstić information content (AvgIpc) is 3.39. The van der Waals surface area contributed by atoms with E-state index in [-0.39, 0.29) is 24.2 Å². The molecule has 4 rings (SSSR count). The van der Waals surface area contributed by atoms with Gasteiger partial charge in [0.25, 0.3) is 0 Å². The van der Waals surface area contributed by atoms with Crippen molar-refractivity contribution in [1.82, 2.24) is 29.7 Å². The van der Waals surface area contributed by atoms with Crippen molar-refractivity contribution in [3.05, 3.63) is 66.0 Å². The molecule has 3 N–H and O–H groups in total. The van der Waals surface area contributed by atoms with Crippen molar-refractivity contribution in [2.75, 3.05) is 32.2 Å². The van der Waals surface area contributed by atoms with Gasteiger partial charge in [-0.05, 0) is 50.1 Å². The third-order valence-corrected chi connectivity index (χ3v) is 8.00. The van der Waals surface area contributed by atoms with Crippen LogP contribution in [0.2, 0.25) is 0 Å². The number of nitrogens with zero attached hydrogens (tertiary/aromatic N) is 6. The minimum Gasteiger partial charge on any atom is -0.494 e. The van der Waals surface area contributed by atoms with Crippen molar-refractivity contribution in [1.29, 1.82) is 0 Å². The summed E-state index contributed by atoms with van der Waals surface area (Å²) in [6, 6.07) is 6.96. The molecule has 3 aromatic heterocycles. The van der Waals surface area contributed by atoms with Gasteiger partial charge in [0.15, 0.2) is 11.6 Å². The summed E-state index contributed by atoms with van der Waals surface area (Å²) in [5, 5.41) is 26.3. The van der Waals surface area contributed by atoms with E-state index < -0.39 is 34.1 Å². The first-order valence-electron chi connectivity index (χ1n) is 12.9. The Kier molecular flexibility index (Phi) is 9.67. The SMILES string of the molecule is COc1cccc(OC)c1-n1c(NS(=O)(=O)[C@H](C)[C@H](OCC(O)CO)c2ncc(C)cn2)nnc1-c1cncc(C)c1. The molecule has 0 saturated heterocycles. The molecule has 0 fully saturated rings. The molecular formula is C27H33N7O7S. The van der Waals surface area contributed by atoms with E-state index in [0.717, 1.165) is 11.1 Å². The van der Waals surface area contributed by atoms with Crippen molar-refractivity contribution in [3.63, 3.8) is 0 Å². The number of hydrogen-bond acceptors (Lipinski definition) is 12. The quantitative estimate of drug-likeness (QED) is 0.203. The van der Waals surface area contributed by atoms with Crippen LogP contribution in [-0.2, 0) is 14.8 Å². The van der Waals surface area contributed by atoms with Crippen LogP contribution >= 0.6 is 0 Å². The summed E-state index contributed by atoms with van der Waals surface area (Å²) >= 11 is 0. The predicted molar refractivity (Wildman–Crippen MR) is 153 cm³/mol. The molecule has 224 valence electrons. The fourth-order valence-corrected chi connectivity index (χ4v) is 5.20. The highest BCUT2D eigenvalue weighted by Gasteiger charge is 2.36. The van der Waals surface area contributed by atoms with Crippen LogP contribution in [0, 0.1) is 13.8 Å². The van der Waals surface area contributed by atoms with E-state index in [2.05, 4.69) is 29.9 Å². The molecule has 15 heteroatoms. The van der Waals surface area contributed by atoms with Gasteiger partial charge in [-0.15, -0.1) is 10.2 Å². The van der Waals surface area contributed by atoms with Gasteiger partial charge >= 0.3 is 0 Å². The average molecular weight is 600 g/mol. The highest BCUT2D eigenvalue weighted by molar-refractivity contribution is 7.93. The summed E-state index contributed by atoms with van der Waals surface area (Å²) in [6.07, 6.45) is 3.89. The van der Waals surface area contributed by atoms with E-state index in [4.69, 9.17) is 14.2 Å². The number of ether oxygens (including phenoxy) is 3. The second kappa shape index (κ2) is 13.2. The Hall–Kier alpha value is -4.18. The van der Waals surface area contributed by atoms with E-state index in [1.54, 1.807) is 37.5 Å². The largest absolute Gasteiger partial charge is 0.494 e. The van der Waals surface area contributed by atoms with Crippen LogP contribution in [0.15, 0.2) is 49.1 Å². The predicted octanol–water partition coefficient (Wildman–Crippen LogP) is 1.99. The number of aromatic nitrogens is 6. The number of aliphatic hydroxyl groups is 2. The fourth-order valence-electron chi connectivity index (χ4n) is 4.10. The smallest absolute Gasteiger partial charge is 0.243 e. The van der Waals surface area contributed by atoms with Gasteiger partial charge in [0, 0.05) is 30.4 Å². The third-order valence-electron chi connectivity index (χ3n) is 6.31. The van der Waals surface area contributed by atoms with Gasteiger partial charge in [0.1, 0.15) is 34.6 Å². The molecule has 3 heterocycles. The van der Waals surface area contributed by atoms with Crippen LogP contribution in [0.3, 0.4) is 0 Å². The Morgan fingerprint density at radius 3 is 2.26 bits per heavy atom. The summed E-state index contributed by atoms with van der Waals surface area (Å²) < 4.78 is 48.7. The number of hydrogen-bond donors (Lipinski definition) is 3. The second-order valence-electron chi connectivity index (χ2n) is 9.51. The maximum Gasteiger partial charge on any atom is 0.243 e. The number of anilines is 1. The van der Waals surface area contributed by atoms with Gasteiger partial charge in [0.05, 0.1) is 27.4 Å². The van der Waals surface area contributed by atoms with Crippen LogP contribution in [-0.4, -0.2) is 87.1 Å². The number of pyridine rings is 1. The first-order valence-corrected chi connectivity index (χ1v) is 14.4. The Morgan fingerprint density at radius 1 is 1.00 bits per heavy atom. The van der Waals surface area contributed by atoms with E-state index >= 15 is 0 Å². The Balaban J connectivity index is 1.82. The molecule has 0 saturated carbocycles. The molecule has 0 amide bonds. The lowest BCUT2D eigenvalue weighted by molar-refractivity contribution is -0.0324. The van der Waals surface area contributed by atoms with Crippen LogP contribution in [0.25, 0.3) is 17.1 Å². The lowest BCUT2D eigenvalue weighted by atomic mass is 10.2. The van der Waals surface area contributed by atoms with Gasteiger partial charge in [-0.25, -0.2) is 18.4 Å². The standard InChI is InChI=1S/C27H33N7O7S/c1-16-9-19(13-28-10-16)26-31-32-27(34(26)23-21(39-4)7-6-8-22(23)40-5)33-42(37,38)18(3)24(41-15-20(36)14-35)25-29-11-17(2)12-30-25/h6-13,18,20,24,35-36H,14-15H2,1-5H3,(H,32,33)/t18-,20?,24+/m1/s1. The van der Waals surface area contributed by atoms with E-state index in [9.17, 15) is 18.6 Å². The van der Waals surface area contributed by atoms with E-state index in [1.165, 1.54) is 38.1 Å². The van der Waals surface area contributed by atoms with Gasteiger partial charge < -0.3 is 24.4 Å². The number of benzene rings is 1. The number of rotatable bonds is 13. The zero-order valence-electron chi connectivity index (χ0n) is 23.8. The Labute approximate surface area is 243 Å². The topological polar surface area (TPSA) is 184 Å². The van der Waals surface area contributed by atoms with Gasteiger partial charge in [0.2, 0.25) is 16.0 Å². The second-order valence-corrected chi connectivity index (χ2v) is 11.5. The lowest BCUT2D eigenvalue weighted by Crippen LogP contribution is -2.35. The Morgan fingerprint density at radius 2 is 1.67 bits per heavy atom. The molecule has 1 aromatic carbocycles. The fraction of sp³-hybridized carbons (Fsp3) is 0.370. The summed E-state index contributed by atoms with van der Waals surface area (Å²) in [5.74, 6) is 0.955. The van der Waals surface area contributed by atoms with Gasteiger partial charge in [-0.2, -0.15) is 0 Å². The zero-order chi connectivity index (χ0) is 30.4. The molecule has 42 heavy (non-hydrogen) atoms. The number of para-hydroxylation sites is 1. The molecular weight excluding hydrogens is 566 g/mol. The summed E-state index contributed by atoms with van der Waals surface area (Å²) in [5.41, 5.74) is 2.54. The monoisotopic (exact) mass is 599 g/mol. The Bertz CT molecular complexity index is 1590. The molecule has 14 nitrogen and oxygen atoms in total. The van der Waals surface area contributed by atoms with E-state index in [0.29, 0.717) is 22.7 Å². The molecule has 4 aromatic rings. The summed E-state index contributed by atoms with van der Waals surface area (Å²) in [7, 11) is -1.33. The molecule has 0 spiro atoms. The lowest BCUT2D eigenvalue weighted by Gasteiger charge is -2.25. The summed E-state index contributed by atoms with van der Waals surface area (Å²) in [4.78, 5) is 12.7. The summed E-state index contributed by atoms with van der Waals surface area (Å²) in [6.45, 7) is 4.15. The maximum absolute atomic E-state index is 13.9. The molecule has 0 bridgehead atoms. The van der Waals surface area contributed by atoms with Crippen molar-refractivity contribution in [2.24, 2.45) is 0 Å². The van der Waals surface area contributed by atoms with Crippen molar-refractivity contribution in [2.45, 2.75) is 38.2 Å². The molecule has 0 radical (unpaired) electrons. The van der Waals surface area contributed by atoms with Crippen molar-refractivity contribution in [3.8, 4) is 28.6 Å². The number of aliphatic hydroxyl groups excluding tert-OH is 2. The number of methoxy groups -OCH3 is 2. The highest BCUT2D eigenvalue weighted by Crippen LogP contribution is 2.38. The first-order chi connectivity index (χ1) is 20.1. The molecule has 1 unspecified atom stereocenters. The van der Waals surface area contributed by atoms with Crippen LogP contribution in [0.1, 0.15) is 30.0 Å². The zero-order valence-corrected chi connectivity index (χ0v) is 24.6. The minimum absolute atomic E-state index is 0.0861. The molecule has 3 atom stereocenters.